The molecule has 2 aromatic carbocycles. The molecule has 0 heterocycles. The molecule has 0 spiro atoms. The quantitative estimate of drug-likeness (QED) is 0.828. The summed E-state index contributed by atoms with van der Waals surface area (Å²) in [7, 11) is 1.69. The van der Waals surface area contributed by atoms with Gasteiger partial charge in [-0.25, -0.2) is 0 Å². The number of phenolic OH excluding ortho intramolecular Hbond substituents is 1. The van der Waals surface area contributed by atoms with Crippen molar-refractivity contribution in [1.29, 1.82) is 0 Å². The van der Waals surface area contributed by atoms with E-state index >= 15 is 0 Å². The molecule has 1 amide bonds. The standard InChI is InChI=1S/C16H18N2O3/c1-18(12-6-8-13(19)9-7-12)16(20)10-11-21-15-5-3-2-4-14(15)17/h2-9,19H,10-11,17H2,1H3. The van der Waals surface area contributed by atoms with E-state index in [4.69, 9.17) is 10.5 Å². The van der Waals surface area contributed by atoms with Crippen molar-refractivity contribution in [3.05, 3.63) is 48.5 Å². The Morgan fingerprint density at radius 1 is 1.19 bits per heavy atom. The summed E-state index contributed by atoms with van der Waals surface area (Å²) in [5.41, 5.74) is 7.03. The molecule has 0 saturated heterocycles. The van der Waals surface area contributed by atoms with Crippen molar-refractivity contribution < 1.29 is 14.6 Å². The average Bonchev–Trinajstić information content (AvgIpc) is 2.49. The highest BCUT2D eigenvalue weighted by Gasteiger charge is 2.11. The number of nitrogens with two attached hydrogens (primary N) is 1. The topological polar surface area (TPSA) is 75.8 Å². The zero-order chi connectivity index (χ0) is 15.2. The molecule has 0 aliphatic heterocycles. The lowest BCUT2D eigenvalue weighted by Gasteiger charge is -2.17. The first-order chi connectivity index (χ1) is 10.1. The van der Waals surface area contributed by atoms with Gasteiger partial charge in [-0.15, -0.1) is 0 Å². The maximum atomic E-state index is 12.1. The van der Waals surface area contributed by atoms with Crippen molar-refractivity contribution >= 4 is 17.3 Å². The van der Waals surface area contributed by atoms with Gasteiger partial charge in [0.2, 0.25) is 5.91 Å². The normalized spacial score (nSPS) is 10.1. The highest BCUT2D eigenvalue weighted by molar-refractivity contribution is 5.92. The van der Waals surface area contributed by atoms with E-state index in [0.717, 1.165) is 5.69 Å². The van der Waals surface area contributed by atoms with E-state index in [-0.39, 0.29) is 24.7 Å². The zero-order valence-electron chi connectivity index (χ0n) is 11.8. The van der Waals surface area contributed by atoms with Crippen molar-refractivity contribution in [2.75, 3.05) is 24.3 Å². The van der Waals surface area contributed by atoms with Gasteiger partial charge in [0.25, 0.3) is 0 Å². The van der Waals surface area contributed by atoms with Crippen molar-refractivity contribution in [2.24, 2.45) is 0 Å². The van der Waals surface area contributed by atoms with E-state index in [0.29, 0.717) is 11.4 Å². The number of carbonyl (C=O) groups is 1. The maximum Gasteiger partial charge on any atom is 0.230 e. The van der Waals surface area contributed by atoms with Gasteiger partial charge >= 0.3 is 0 Å². The summed E-state index contributed by atoms with van der Waals surface area (Å²) in [6, 6.07) is 13.6. The van der Waals surface area contributed by atoms with Crippen LogP contribution in [0.3, 0.4) is 0 Å². The van der Waals surface area contributed by atoms with Gasteiger partial charge in [0.15, 0.2) is 0 Å². The molecule has 110 valence electrons. The lowest BCUT2D eigenvalue weighted by molar-refractivity contribution is -0.118. The number of carbonyl (C=O) groups excluding carboxylic acids is 1. The molecule has 3 N–H and O–H groups in total. The Morgan fingerprint density at radius 3 is 2.52 bits per heavy atom. The Morgan fingerprint density at radius 2 is 1.86 bits per heavy atom. The summed E-state index contributed by atoms with van der Waals surface area (Å²) in [5.74, 6) is 0.676. The van der Waals surface area contributed by atoms with Crippen LogP contribution in [0.25, 0.3) is 0 Å². The Balaban J connectivity index is 1.87. The van der Waals surface area contributed by atoms with Crippen LogP contribution in [-0.2, 0) is 4.79 Å². The number of nitrogens with zero attached hydrogens (tertiary/aromatic N) is 1. The van der Waals surface area contributed by atoms with Crippen LogP contribution in [0.4, 0.5) is 11.4 Å². The van der Waals surface area contributed by atoms with Gasteiger partial charge in [-0.1, -0.05) is 12.1 Å². The molecule has 0 atom stereocenters. The molecule has 0 radical (unpaired) electrons. The van der Waals surface area contributed by atoms with E-state index in [1.165, 1.54) is 4.90 Å². The third kappa shape index (κ3) is 3.89. The van der Waals surface area contributed by atoms with Gasteiger partial charge in [-0.2, -0.15) is 0 Å². The van der Waals surface area contributed by atoms with Crippen molar-refractivity contribution in [3.63, 3.8) is 0 Å². The van der Waals surface area contributed by atoms with Crippen LogP contribution in [0.15, 0.2) is 48.5 Å². The van der Waals surface area contributed by atoms with Gasteiger partial charge < -0.3 is 20.5 Å². The minimum atomic E-state index is -0.0739. The molecule has 0 aliphatic rings. The monoisotopic (exact) mass is 286 g/mol. The summed E-state index contributed by atoms with van der Waals surface area (Å²) < 4.78 is 5.50. The Hall–Kier alpha value is -2.69. The summed E-state index contributed by atoms with van der Waals surface area (Å²) in [5, 5.41) is 9.24. The van der Waals surface area contributed by atoms with Crippen molar-refractivity contribution in [1.82, 2.24) is 0 Å². The summed E-state index contributed by atoms with van der Waals surface area (Å²) in [6.07, 6.45) is 0.242. The number of para-hydroxylation sites is 2. The number of amides is 1. The number of anilines is 2. The number of aromatic hydroxyl groups is 1. The predicted octanol–water partition coefficient (Wildman–Crippen LogP) is 2.41. The molecule has 5 nitrogen and oxygen atoms in total. The zero-order valence-corrected chi connectivity index (χ0v) is 11.8. The third-order valence-corrected chi connectivity index (χ3v) is 3.10. The highest BCUT2D eigenvalue weighted by Crippen LogP contribution is 2.20. The number of hydrogen-bond donors (Lipinski definition) is 2. The van der Waals surface area contributed by atoms with Gasteiger partial charge in [-0.05, 0) is 36.4 Å². The Kier molecular flexibility index (Phi) is 4.66. The Labute approximate surface area is 123 Å². The number of rotatable bonds is 5. The molecule has 2 aromatic rings. The minimum Gasteiger partial charge on any atom is -0.508 e. The van der Waals surface area contributed by atoms with Crippen molar-refractivity contribution in [3.8, 4) is 11.5 Å². The third-order valence-electron chi connectivity index (χ3n) is 3.10. The van der Waals surface area contributed by atoms with Crippen LogP contribution in [0.5, 0.6) is 11.5 Å². The fourth-order valence-electron chi connectivity index (χ4n) is 1.85. The van der Waals surface area contributed by atoms with Crippen LogP contribution in [0.1, 0.15) is 6.42 Å². The smallest absolute Gasteiger partial charge is 0.230 e. The van der Waals surface area contributed by atoms with Crippen LogP contribution in [0, 0.1) is 0 Å². The molecule has 5 heteroatoms. The Bertz CT molecular complexity index is 611. The second kappa shape index (κ2) is 6.65. The van der Waals surface area contributed by atoms with Gasteiger partial charge in [0.1, 0.15) is 11.5 Å². The first kappa shape index (κ1) is 14.7. The average molecular weight is 286 g/mol. The SMILES string of the molecule is CN(C(=O)CCOc1ccccc1N)c1ccc(O)cc1. The molecular weight excluding hydrogens is 268 g/mol. The molecule has 0 aromatic heterocycles. The predicted molar refractivity (Wildman–Crippen MR) is 82.5 cm³/mol. The number of ether oxygens (including phenoxy) is 1. The van der Waals surface area contributed by atoms with Crippen LogP contribution < -0.4 is 15.4 Å². The highest BCUT2D eigenvalue weighted by atomic mass is 16.5. The molecule has 0 saturated carbocycles. The second-order valence-electron chi connectivity index (χ2n) is 4.61. The maximum absolute atomic E-state index is 12.1. The van der Waals surface area contributed by atoms with Gasteiger partial charge in [-0.3, -0.25) is 4.79 Å². The van der Waals surface area contributed by atoms with Crippen molar-refractivity contribution in [2.45, 2.75) is 6.42 Å². The minimum absolute atomic E-state index is 0.0739. The van der Waals surface area contributed by atoms with Crippen LogP contribution >= 0.6 is 0 Å². The lowest BCUT2D eigenvalue weighted by atomic mass is 10.2. The fourth-order valence-corrected chi connectivity index (χ4v) is 1.85. The number of phenols is 1. The summed E-state index contributed by atoms with van der Waals surface area (Å²) in [6.45, 7) is 0.259. The van der Waals surface area contributed by atoms with Crippen LogP contribution in [-0.4, -0.2) is 24.7 Å². The lowest BCUT2D eigenvalue weighted by Crippen LogP contribution is -2.27. The van der Waals surface area contributed by atoms with Gasteiger partial charge in [0, 0.05) is 12.7 Å². The molecule has 0 bridgehead atoms. The molecule has 0 aliphatic carbocycles. The number of nitrogen functional groups attached to an aromatic ring is 1. The number of hydrogen-bond acceptors (Lipinski definition) is 4. The first-order valence-electron chi connectivity index (χ1n) is 6.61. The fraction of sp³-hybridized carbons (Fsp3) is 0.188. The van der Waals surface area contributed by atoms with Crippen LogP contribution in [0.2, 0.25) is 0 Å². The van der Waals surface area contributed by atoms with E-state index in [2.05, 4.69) is 0 Å². The number of benzene rings is 2. The molecule has 21 heavy (non-hydrogen) atoms. The van der Waals surface area contributed by atoms with E-state index < -0.39 is 0 Å². The molecular formula is C16H18N2O3. The molecule has 2 rings (SSSR count). The van der Waals surface area contributed by atoms with Gasteiger partial charge in [0.05, 0.1) is 18.7 Å². The summed E-state index contributed by atoms with van der Waals surface area (Å²) in [4.78, 5) is 13.6. The molecule has 0 unspecified atom stereocenters. The van der Waals surface area contributed by atoms with E-state index in [1.807, 2.05) is 12.1 Å². The van der Waals surface area contributed by atoms with E-state index in [1.54, 1.807) is 43.4 Å². The molecule has 0 fully saturated rings. The first-order valence-corrected chi connectivity index (χ1v) is 6.61. The second-order valence-corrected chi connectivity index (χ2v) is 4.61. The largest absolute Gasteiger partial charge is 0.508 e. The van der Waals surface area contributed by atoms with E-state index in [9.17, 15) is 9.90 Å². The summed E-state index contributed by atoms with van der Waals surface area (Å²) >= 11 is 0.